The van der Waals surface area contributed by atoms with Crippen molar-refractivity contribution >= 4 is 11.6 Å². The summed E-state index contributed by atoms with van der Waals surface area (Å²) in [5.41, 5.74) is 2.83. The molecule has 0 saturated heterocycles. The zero-order valence-electron chi connectivity index (χ0n) is 16.2. The molecule has 1 heterocycles. The fourth-order valence-corrected chi connectivity index (χ4v) is 3.15. The van der Waals surface area contributed by atoms with Crippen molar-refractivity contribution in [3.63, 3.8) is 0 Å². The van der Waals surface area contributed by atoms with Crippen molar-refractivity contribution in [1.29, 1.82) is 0 Å². The lowest BCUT2D eigenvalue weighted by atomic mass is 10.1. The van der Waals surface area contributed by atoms with E-state index in [9.17, 15) is 19.3 Å². The number of H-pyrrole nitrogens is 1. The highest BCUT2D eigenvalue weighted by atomic mass is 19.1. The van der Waals surface area contributed by atoms with Gasteiger partial charge in [-0.3, -0.25) is 20.0 Å². The Hall–Kier alpha value is -3.55. The van der Waals surface area contributed by atoms with Gasteiger partial charge < -0.3 is 4.90 Å². The van der Waals surface area contributed by atoms with Crippen molar-refractivity contribution in [2.24, 2.45) is 0 Å². The molecule has 29 heavy (non-hydrogen) atoms. The number of aryl methyl sites for hydroxylation is 2. The van der Waals surface area contributed by atoms with Crippen LogP contribution in [0.3, 0.4) is 0 Å². The van der Waals surface area contributed by atoms with Crippen molar-refractivity contribution in [1.82, 2.24) is 15.1 Å². The number of nitro benzene ring substituents is 1. The van der Waals surface area contributed by atoms with Crippen molar-refractivity contribution < 1.29 is 14.1 Å². The van der Waals surface area contributed by atoms with Gasteiger partial charge in [-0.1, -0.05) is 12.1 Å². The number of para-hydroxylation sites is 1. The monoisotopic (exact) mass is 396 g/mol. The zero-order chi connectivity index (χ0) is 21.0. The first-order valence-corrected chi connectivity index (χ1v) is 9.16. The molecule has 0 bridgehead atoms. The van der Waals surface area contributed by atoms with Gasteiger partial charge in [0.25, 0.3) is 11.6 Å². The third-order valence-electron chi connectivity index (χ3n) is 4.71. The van der Waals surface area contributed by atoms with Crippen LogP contribution in [-0.4, -0.2) is 39.5 Å². The van der Waals surface area contributed by atoms with Gasteiger partial charge >= 0.3 is 0 Å². The Labute approximate surface area is 167 Å². The normalized spacial score (nSPS) is 10.7. The van der Waals surface area contributed by atoms with E-state index in [4.69, 9.17) is 0 Å². The lowest BCUT2D eigenvalue weighted by Gasteiger charge is -2.17. The zero-order valence-corrected chi connectivity index (χ0v) is 16.2. The van der Waals surface area contributed by atoms with Crippen molar-refractivity contribution in [3.8, 4) is 11.3 Å². The standard InChI is InChI=1S/C21H21FN4O3/c1-14-5-3-7-18(20(14)26(28)29)21(27)25(2)12-4-6-17-13-19(24-23-17)15-8-10-16(22)11-9-15/h3,5,7-11,13H,4,6,12H2,1-2H3,(H,23,24). The summed E-state index contributed by atoms with van der Waals surface area (Å²) in [7, 11) is 1.63. The summed E-state index contributed by atoms with van der Waals surface area (Å²) in [5.74, 6) is -0.678. The average Bonchev–Trinajstić information content (AvgIpc) is 3.16. The average molecular weight is 396 g/mol. The first kappa shape index (κ1) is 20.2. The molecule has 7 nitrogen and oxygen atoms in total. The minimum Gasteiger partial charge on any atom is -0.341 e. The second-order valence-electron chi connectivity index (χ2n) is 6.84. The molecule has 0 atom stereocenters. The van der Waals surface area contributed by atoms with E-state index in [2.05, 4.69) is 10.2 Å². The molecule has 2 aromatic carbocycles. The Kier molecular flexibility index (Phi) is 6.01. The van der Waals surface area contributed by atoms with E-state index in [1.165, 1.54) is 23.1 Å². The Morgan fingerprint density at radius 2 is 1.97 bits per heavy atom. The maximum atomic E-state index is 13.0. The summed E-state index contributed by atoms with van der Waals surface area (Å²) in [5, 5.41) is 18.5. The lowest BCUT2D eigenvalue weighted by Crippen LogP contribution is -2.28. The van der Waals surface area contributed by atoms with Crippen LogP contribution in [0.15, 0.2) is 48.5 Å². The number of hydrogen-bond acceptors (Lipinski definition) is 4. The molecule has 8 heteroatoms. The first-order valence-electron chi connectivity index (χ1n) is 9.16. The number of amides is 1. The molecule has 1 amide bonds. The second-order valence-corrected chi connectivity index (χ2v) is 6.84. The number of carbonyl (C=O) groups is 1. The van der Waals surface area contributed by atoms with Gasteiger partial charge in [0.1, 0.15) is 11.4 Å². The van der Waals surface area contributed by atoms with Crippen LogP contribution >= 0.6 is 0 Å². The highest BCUT2D eigenvalue weighted by molar-refractivity contribution is 5.98. The summed E-state index contributed by atoms with van der Waals surface area (Å²) in [6.07, 6.45) is 1.31. The van der Waals surface area contributed by atoms with Crippen molar-refractivity contribution in [2.75, 3.05) is 13.6 Å². The number of aromatic amines is 1. The second kappa shape index (κ2) is 8.64. The van der Waals surface area contributed by atoms with E-state index in [1.54, 1.807) is 38.2 Å². The largest absolute Gasteiger partial charge is 0.341 e. The van der Waals surface area contributed by atoms with Gasteiger partial charge in [0.2, 0.25) is 0 Å². The van der Waals surface area contributed by atoms with Crippen LogP contribution in [-0.2, 0) is 6.42 Å². The van der Waals surface area contributed by atoms with Gasteiger partial charge in [0.15, 0.2) is 0 Å². The molecule has 0 aliphatic carbocycles. The maximum absolute atomic E-state index is 13.0. The summed E-state index contributed by atoms with van der Waals surface area (Å²) in [6, 6.07) is 12.7. The smallest absolute Gasteiger partial charge is 0.285 e. The number of rotatable bonds is 7. The molecule has 150 valence electrons. The fraction of sp³-hybridized carbons (Fsp3) is 0.238. The number of nitrogens with one attached hydrogen (secondary N) is 1. The third-order valence-corrected chi connectivity index (χ3v) is 4.71. The highest BCUT2D eigenvalue weighted by Gasteiger charge is 2.24. The van der Waals surface area contributed by atoms with Crippen LogP contribution in [0.1, 0.15) is 28.0 Å². The lowest BCUT2D eigenvalue weighted by molar-refractivity contribution is -0.385. The molecule has 3 rings (SSSR count). The summed E-state index contributed by atoms with van der Waals surface area (Å²) in [4.78, 5) is 24.9. The topological polar surface area (TPSA) is 92.1 Å². The number of nitro groups is 1. The van der Waals surface area contributed by atoms with Crippen LogP contribution in [0.25, 0.3) is 11.3 Å². The first-order chi connectivity index (χ1) is 13.9. The van der Waals surface area contributed by atoms with Gasteiger partial charge in [-0.15, -0.1) is 0 Å². The van der Waals surface area contributed by atoms with E-state index in [-0.39, 0.29) is 23.0 Å². The summed E-state index contributed by atoms with van der Waals surface area (Å²) >= 11 is 0. The van der Waals surface area contributed by atoms with E-state index >= 15 is 0 Å². The number of benzene rings is 2. The number of aromatic nitrogens is 2. The van der Waals surface area contributed by atoms with Gasteiger partial charge in [0, 0.05) is 30.4 Å². The predicted octanol–water partition coefficient (Wildman–Crippen LogP) is 4.14. The molecule has 1 N–H and O–H groups in total. The summed E-state index contributed by atoms with van der Waals surface area (Å²) < 4.78 is 13.0. The van der Waals surface area contributed by atoms with E-state index in [1.807, 2.05) is 6.07 Å². The van der Waals surface area contributed by atoms with Crippen molar-refractivity contribution in [3.05, 3.63) is 81.3 Å². The predicted molar refractivity (Wildman–Crippen MR) is 107 cm³/mol. The van der Waals surface area contributed by atoms with Gasteiger partial charge in [0.05, 0.1) is 10.6 Å². The van der Waals surface area contributed by atoms with E-state index in [0.29, 0.717) is 24.9 Å². The Balaban J connectivity index is 1.60. The van der Waals surface area contributed by atoms with Gasteiger partial charge in [-0.05, 0) is 56.2 Å². The van der Waals surface area contributed by atoms with Crippen LogP contribution in [0, 0.1) is 22.9 Å². The minimum absolute atomic E-state index is 0.0950. The van der Waals surface area contributed by atoms with Crippen molar-refractivity contribution in [2.45, 2.75) is 19.8 Å². The molecular formula is C21H21FN4O3. The quantitative estimate of drug-likeness (QED) is 0.480. The van der Waals surface area contributed by atoms with E-state index in [0.717, 1.165) is 17.0 Å². The molecule has 0 spiro atoms. The number of hydrogen-bond donors (Lipinski definition) is 1. The summed E-state index contributed by atoms with van der Waals surface area (Å²) in [6.45, 7) is 2.06. The molecular weight excluding hydrogens is 375 g/mol. The Bertz CT molecular complexity index is 1030. The number of halogens is 1. The van der Waals surface area contributed by atoms with E-state index < -0.39 is 4.92 Å². The van der Waals surface area contributed by atoms with Gasteiger partial charge in [-0.2, -0.15) is 5.10 Å². The maximum Gasteiger partial charge on any atom is 0.285 e. The fourth-order valence-electron chi connectivity index (χ4n) is 3.15. The molecule has 0 aliphatic rings. The SMILES string of the molecule is Cc1cccc(C(=O)N(C)CCCc2cc(-c3ccc(F)cc3)n[nH]2)c1[N+](=O)[O-]. The molecule has 0 fully saturated rings. The third kappa shape index (κ3) is 4.66. The number of nitrogens with zero attached hydrogens (tertiary/aromatic N) is 3. The molecule has 0 aliphatic heterocycles. The molecule has 0 saturated carbocycles. The van der Waals surface area contributed by atoms with Crippen LogP contribution < -0.4 is 0 Å². The Morgan fingerprint density at radius 1 is 1.24 bits per heavy atom. The van der Waals surface area contributed by atoms with Crippen LogP contribution in [0.4, 0.5) is 10.1 Å². The van der Waals surface area contributed by atoms with Gasteiger partial charge in [-0.25, -0.2) is 4.39 Å². The highest BCUT2D eigenvalue weighted by Crippen LogP contribution is 2.24. The molecule has 0 unspecified atom stereocenters. The molecule has 0 radical (unpaired) electrons. The Morgan fingerprint density at radius 3 is 2.66 bits per heavy atom. The number of carbonyl (C=O) groups excluding carboxylic acids is 1. The molecule has 3 aromatic rings. The van der Waals surface area contributed by atoms with Crippen LogP contribution in [0.2, 0.25) is 0 Å². The minimum atomic E-state index is -0.516. The van der Waals surface area contributed by atoms with Crippen LogP contribution in [0.5, 0.6) is 0 Å². The molecule has 1 aromatic heterocycles.